The van der Waals surface area contributed by atoms with E-state index in [4.69, 9.17) is 14.6 Å². The second-order valence-corrected chi connectivity index (χ2v) is 9.07. The normalized spacial score (nSPS) is 27.9. The lowest BCUT2D eigenvalue weighted by Gasteiger charge is -2.49. The third-order valence-corrected chi connectivity index (χ3v) is 6.77. The maximum absolute atomic E-state index is 13.4. The molecule has 1 atom stereocenters. The van der Waals surface area contributed by atoms with Crippen molar-refractivity contribution in [2.75, 3.05) is 27.2 Å². The van der Waals surface area contributed by atoms with Gasteiger partial charge in [-0.3, -0.25) is 0 Å². The van der Waals surface area contributed by atoms with Crippen molar-refractivity contribution >= 4 is 21.6 Å². The zero-order valence-electron chi connectivity index (χ0n) is 16.5. The van der Waals surface area contributed by atoms with Crippen LogP contribution in [0, 0.1) is 5.82 Å². The van der Waals surface area contributed by atoms with Crippen molar-refractivity contribution in [2.24, 2.45) is 5.10 Å². The Balaban J connectivity index is 1.62. The van der Waals surface area contributed by atoms with Crippen LogP contribution in [0.1, 0.15) is 36.4 Å². The monoisotopic (exact) mass is 460 g/mol. The van der Waals surface area contributed by atoms with Gasteiger partial charge in [-0.25, -0.2) is 9.40 Å². The molecule has 7 heteroatoms. The molecule has 0 saturated carbocycles. The molecule has 5 nitrogen and oxygen atoms in total. The molecular formula is C22H24BrFN3O2+. The summed E-state index contributed by atoms with van der Waals surface area (Å²) in [6.45, 7) is 2.05. The zero-order valence-corrected chi connectivity index (χ0v) is 18.1. The van der Waals surface area contributed by atoms with Crippen LogP contribution in [0.25, 0.3) is 0 Å². The second-order valence-electron chi connectivity index (χ2n) is 8.15. The number of rotatable bonds is 2. The number of benzene rings is 2. The lowest BCUT2D eigenvalue weighted by Crippen LogP contribution is -3.11. The molecule has 0 bridgehead atoms. The van der Waals surface area contributed by atoms with Gasteiger partial charge in [0.05, 0.1) is 51.8 Å². The van der Waals surface area contributed by atoms with Crippen molar-refractivity contribution < 1.29 is 18.8 Å². The lowest BCUT2D eigenvalue weighted by atomic mass is 9.90. The van der Waals surface area contributed by atoms with E-state index < -0.39 is 5.72 Å². The first-order chi connectivity index (χ1) is 14.0. The maximum Gasteiger partial charge on any atom is 0.209 e. The van der Waals surface area contributed by atoms with Crippen molar-refractivity contribution in [2.45, 2.75) is 31.0 Å². The Morgan fingerprint density at radius 3 is 2.66 bits per heavy atom. The molecule has 1 spiro atoms. The second kappa shape index (κ2) is 6.99. The number of fused-ring (bicyclic) bond motifs is 4. The summed E-state index contributed by atoms with van der Waals surface area (Å²) in [6, 6.07) is 10.7. The SMILES string of the molecule is COc1cc(Br)cc2c1OC1(CC[NH+](C)CC1)N1N=C(c3ccc(F)cc3)C[C@H]21. The Labute approximate surface area is 178 Å². The van der Waals surface area contributed by atoms with Gasteiger partial charge in [-0.05, 0) is 29.8 Å². The molecule has 29 heavy (non-hydrogen) atoms. The summed E-state index contributed by atoms with van der Waals surface area (Å²) in [5, 5.41) is 7.21. The fourth-order valence-electron chi connectivity index (χ4n) is 4.68. The molecule has 1 N–H and O–H groups in total. The molecule has 3 aliphatic rings. The molecule has 1 fully saturated rings. The minimum atomic E-state index is -0.472. The summed E-state index contributed by atoms with van der Waals surface area (Å²) in [6.07, 6.45) is 2.55. The number of quaternary nitrogens is 1. The Morgan fingerprint density at radius 1 is 1.24 bits per heavy atom. The minimum Gasteiger partial charge on any atom is -0.493 e. The van der Waals surface area contributed by atoms with Crippen LogP contribution in [0.15, 0.2) is 46.0 Å². The Kier molecular flexibility index (Phi) is 4.55. The smallest absolute Gasteiger partial charge is 0.209 e. The third kappa shape index (κ3) is 3.11. The van der Waals surface area contributed by atoms with Crippen LogP contribution < -0.4 is 14.4 Å². The molecular weight excluding hydrogens is 437 g/mol. The standard InChI is InChI=1S/C22H23BrFN3O2/c1-26-9-7-22(8-10-26)27-19(13-18(25-27)14-3-5-16(24)6-4-14)17-11-15(23)12-20(28-2)21(17)29-22/h3-6,11-12,19H,7-10,13H2,1-2H3/p+1/t19-/m1/s1. The van der Waals surface area contributed by atoms with Crippen molar-refractivity contribution in [3.8, 4) is 11.5 Å². The highest BCUT2D eigenvalue weighted by molar-refractivity contribution is 9.10. The van der Waals surface area contributed by atoms with Crippen LogP contribution in [-0.2, 0) is 0 Å². The van der Waals surface area contributed by atoms with E-state index in [-0.39, 0.29) is 11.9 Å². The van der Waals surface area contributed by atoms with Crippen LogP contribution in [0.5, 0.6) is 11.5 Å². The van der Waals surface area contributed by atoms with Gasteiger partial charge in [0.2, 0.25) is 5.72 Å². The number of likely N-dealkylation sites (tertiary alicyclic amines) is 1. The molecule has 0 unspecified atom stereocenters. The van der Waals surface area contributed by atoms with Crippen LogP contribution in [0.4, 0.5) is 4.39 Å². The summed E-state index contributed by atoms with van der Waals surface area (Å²) in [5.41, 5.74) is 2.53. The van der Waals surface area contributed by atoms with E-state index in [9.17, 15) is 4.39 Å². The Hall–Kier alpha value is -2.12. The van der Waals surface area contributed by atoms with E-state index in [1.54, 1.807) is 19.2 Å². The maximum atomic E-state index is 13.4. The van der Waals surface area contributed by atoms with Gasteiger partial charge in [0.25, 0.3) is 0 Å². The van der Waals surface area contributed by atoms with Gasteiger partial charge in [0.15, 0.2) is 11.5 Å². The summed E-state index contributed by atoms with van der Waals surface area (Å²) < 4.78 is 26.7. The topological polar surface area (TPSA) is 38.5 Å². The molecule has 1 saturated heterocycles. The molecule has 5 rings (SSSR count). The zero-order chi connectivity index (χ0) is 20.2. The van der Waals surface area contributed by atoms with Crippen molar-refractivity contribution in [3.63, 3.8) is 0 Å². The lowest BCUT2D eigenvalue weighted by molar-refractivity contribution is -0.888. The van der Waals surface area contributed by atoms with Gasteiger partial charge in [-0.1, -0.05) is 28.1 Å². The average molecular weight is 461 g/mol. The molecule has 0 amide bonds. The number of piperidine rings is 1. The van der Waals surface area contributed by atoms with Crippen LogP contribution in [0.2, 0.25) is 0 Å². The average Bonchev–Trinajstić information content (AvgIpc) is 3.18. The van der Waals surface area contributed by atoms with E-state index in [2.05, 4.69) is 34.1 Å². The van der Waals surface area contributed by atoms with Gasteiger partial charge < -0.3 is 14.4 Å². The number of hydrogen-bond acceptors (Lipinski definition) is 4. The van der Waals surface area contributed by atoms with Crippen LogP contribution >= 0.6 is 15.9 Å². The first kappa shape index (κ1) is 18.9. The number of methoxy groups -OCH3 is 1. The first-order valence-corrected chi connectivity index (χ1v) is 10.8. The minimum absolute atomic E-state index is 0.0728. The van der Waals surface area contributed by atoms with Gasteiger partial charge in [0, 0.05) is 16.5 Å². The summed E-state index contributed by atoms with van der Waals surface area (Å²) in [4.78, 5) is 1.51. The summed E-state index contributed by atoms with van der Waals surface area (Å²) >= 11 is 3.61. The number of nitrogens with one attached hydrogen (secondary N) is 1. The predicted molar refractivity (Wildman–Crippen MR) is 112 cm³/mol. The van der Waals surface area contributed by atoms with Crippen LogP contribution in [0.3, 0.4) is 0 Å². The van der Waals surface area contributed by atoms with E-state index >= 15 is 0 Å². The number of ether oxygens (including phenoxy) is 2. The van der Waals surface area contributed by atoms with E-state index in [1.165, 1.54) is 17.0 Å². The molecule has 0 aliphatic carbocycles. The van der Waals surface area contributed by atoms with E-state index in [1.807, 2.05) is 6.07 Å². The molecule has 0 radical (unpaired) electrons. The molecule has 3 aliphatic heterocycles. The van der Waals surface area contributed by atoms with Crippen molar-refractivity contribution in [1.29, 1.82) is 0 Å². The highest BCUT2D eigenvalue weighted by Crippen LogP contribution is 2.53. The number of halogens is 2. The predicted octanol–water partition coefficient (Wildman–Crippen LogP) is 3.15. The summed E-state index contributed by atoms with van der Waals surface area (Å²) in [5.74, 6) is 1.34. The molecule has 152 valence electrons. The summed E-state index contributed by atoms with van der Waals surface area (Å²) in [7, 11) is 3.90. The Morgan fingerprint density at radius 2 is 1.97 bits per heavy atom. The van der Waals surface area contributed by atoms with Crippen molar-refractivity contribution in [3.05, 3.63) is 57.8 Å². The fourth-order valence-corrected chi connectivity index (χ4v) is 5.13. The quantitative estimate of drug-likeness (QED) is 0.747. The van der Waals surface area contributed by atoms with Crippen molar-refractivity contribution in [1.82, 2.24) is 5.01 Å². The number of hydrogen-bond donors (Lipinski definition) is 1. The fraction of sp³-hybridized carbons (Fsp3) is 0.409. The molecule has 2 aromatic carbocycles. The third-order valence-electron chi connectivity index (χ3n) is 6.31. The van der Waals surface area contributed by atoms with E-state index in [0.29, 0.717) is 0 Å². The molecule has 3 heterocycles. The highest BCUT2D eigenvalue weighted by atomic mass is 79.9. The van der Waals surface area contributed by atoms with Gasteiger partial charge >= 0.3 is 0 Å². The van der Waals surface area contributed by atoms with Gasteiger partial charge in [-0.2, -0.15) is 5.10 Å². The number of nitrogens with zero attached hydrogens (tertiary/aromatic N) is 2. The molecule has 0 aromatic heterocycles. The Bertz CT molecular complexity index is 971. The highest BCUT2D eigenvalue weighted by Gasteiger charge is 2.53. The van der Waals surface area contributed by atoms with Crippen LogP contribution in [-0.4, -0.2) is 43.7 Å². The number of hydrazone groups is 1. The molecule has 2 aromatic rings. The first-order valence-electron chi connectivity index (χ1n) is 9.99. The van der Waals surface area contributed by atoms with Gasteiger partial charge in [-0.15, -0.1) is 0 Å². The largest absolute Gasteiger partial charge is 0.493 e. The van der Waals surface area contributed by atoms with E-state index in [0.717, 1.165) is 65.2 Å². The van der Waals surface area contributed by atoms with Gasteiger partial charge in [0.1, 0.15) is 5.82 Å².